The van der Waals surface area contributed by atoms with Crippen LogP contribution in [-0.4, -0.2) is 29.8 Å². The number of hydrogen-bond acceptors (Lipinski definition) is 5. The molecule has 0 spiro atoms. The van der Waals surface area contributed by atoms with Gasteiger partial charge in [-0.05, 0) is 62.1 Å². The number of rotatable bonds is 8. The lowest BCUT2D eigenvalue weighted by Crippen LogP contribution is -2.29. The second-order valence-electron chi connectivity index (χ2n) is 8.37. The van der Waals surface area contributed by atoms with Crippen LogP contribution in [0.5, 0.6) is 5.75 Å². The van der Waals surface area contributed by atoms with E-state index >= 15 is 0 Å². The molecule has 1 aliphatic rings. The maximum atomic E-state index is 11.7. The standard InChI is InChI=1S/C25H26O6/c1-25(15-19-10-8-17(23(26)27)13-22(19)31-25)11-5-3-4-6-20-12-16-7-9-18(24(28)29-2)14-21(16)30-20/h7-10,12-14H,3-6,11,15H2,1-2H3,(H,26,27). The number of carbonyl (C=O) groups is 2. The van der Waals surface area contributed by atoms with Crippen molar-refractivity contribution in [2.24, 2.45) is 0 Å². The third-order valence-electron chi connectivity index (χ3n) is 5.86. The highest BCUT2D eigenvalue weighted by atomic mass is 16.5. The summed E-state index contributed by atoms with van der Waals surface area (Å²) in [6, 6.07) is 12.5. The summed E-state index contributed by atoms with van der Waals surface area (Å²) in [7, 11) is 1.36. The fourth-order valence-corrected chi connectivity index (χ4v) is 4.20. The molecule has 0 saturated carbocycles. The van der Waals surface area contributed by atoms with Crippen LogP contribution in [0, 0.1) is 0 Å². The molecule has 1 aliphatic heterocycles. The first-order chi connectivity index (χ1) is 14.9. The van der Waals surface area contributed by atoms with Crippen LogP contribution >= 0.6 is 0 Å². The molecule has 3 aromatic rings. The molecule has 0 bridgehead atoms. The number of esters is 1. The number of aromatic carboxylic acids is 1. The molecular weight excluding hydrogens is 396 g/mol. The molecule has 0 amide bonds. The molecule has 0 fully saturated rings. The predicted octanol–water partition coefficient (Wildman–Crippen LogP) is 5.41. The number of aryl methyl sites for hydroxylation is 1. The second-order valence-corrected chi connectivity index (χ2v) is 8.37. The third-order valence-corrected chi connectivity index (χ3v) is 5.86. The fraction of sp³-hybridized carbons (Fsp3) is 0.360. The normalized spacial score (nSPS) is 17.4. The van der Waals surface area contributed by atoms with Gasteiger partial charge in [0.2, 0.25) is 0 Å². The lowest BCUT2D eigenvalue weighted by atomic mass is 9.92. The largest absolute Gasteiger partial charge is 0.487 e. The molecule has 0 aliphatic carbocycles. The van der Waals surface area contributed by atoms with Crippen LogP contribution in [0.4, 0.5) is 0 Å². The van der Waals surface area contributed by atoms with Crippen LogP contribution in [0.2, 0.25) is 0 Å². The molecular formula is C25H26O6. The highest BCUT2D eigenvalue weighted by Gasteiger charge is 2.34. The summed E-state index contributed by atoms with van der Waals surface area (Å²) in [6.07, 6.45) is 5.60. The summed E-state index contributed by atoms with van der Waals surface area (Å²) in [6.45, 7) is 2.09. The highest BCUT2D eigenvalue weighted by molar-refractivity contribution is 5.94. The SMILES string of the molecule is COC(=O)c1ccc2cc(CCCCCC3(C)Cc4ccc(C(=O)O)cc4O3)oc2c1. The Morgan fingerprint density at radius 1 is 1.06 bits per heavy atom. The van der Waals surface area contributed by atoms with Gasteiger partial charge in [-0.25, -0.2) is 9.59 Å². The van der Waals surface area contributed by atoms with E-state index in [1.54, 1.807) is 24.3 Å². The number of carboxylic acids is 1. The number of methoxy groups -OCH3 is 1. The van der Waals surface area contributed by atoms with Crippen molar-refractivity contribution >= 4 is 22.9 Å². The van der Waals surface area contributed by atoms with E-state index in [9.17, 15) is 9.59 Å². The number of benzene rings is 2. The molecule has 6 heteroatoms. The molecule has 6 nitrogen and oxygen atoms in total. The van der Waals surface area contributed by atoms with Crippen molar-refractivity contribution in [1.29, 1.82) is 0 Å². The Labute approximate surface area is 180 Å². The molecule has 1 N–H and O–H groups in total. The third kappa shape index (κ3) is 4.58. The molecule has 162 valence electrons. The zero-order valence-electron chi connectivity index (χ0n) is 17.8. The second kappa shape index (κ2) is 8.46. The van der Waals surface area contributed by atoms with Gasteiger partial charge in [-0.2, -0.15) is 0 Å². The van der Waals surface area contributed by atoms with Gasteiger partial charge in [0.1, 0.15) is 22.7 Å². The van der Waals surface area contributed by atoms with Crippen LogP contribution in [0.3, 0.4) is 0 Å². The number of furan rings is 1. The van der Waals surface area contributed by atoms with E-state index in [1.165, 1.54) is 7.11 Å². The summed E-state index contributed by atoms with van der Waals surface area (Å²) in [5, 5.41) is 10.1. The van der Waals surface area contributed by atoms with Crippen LogP contribution < -0.4 is 4.74 Å². The van der Waals surface area contributed by atoms with Crippen LogP contribution in [0.1, 0.15) is 64.6 Å². The summed E-state index contributed by atoms with van der Waals surface area (Å²) >= 11 is 0. The van der Waals surface area contributed by atoms with Crippen LogP contribution in [0.15, 0.2) is 46.9 Å². The Morgan fingerprint density at radius 2 is 1.87 bits per heavy atom. The fourth-order valence-electron chi connectivity index (χ4n) is 4.20. The van der Waals surface area contributed by atoms with Crippen molar-refractivity contribution in [3.05, 3.63) is 64.9 Å². The van der Waals surface area contributed by atoms with Gasteiger partial charge in [0.25, 0.3) is 0 Å². The highest BCUT2D eigenvalue weighted by Crippen LogP contribution is 2.38. The van der Waals surface area contributed by atoms with Crippen molar-refractivity contribution in [1.82, 2.24) is 0 Å². The average Bonchev–Trinajstić information content (AvgIpc) is 3.31. The smallest absolute Gasteiger partial charge is 0.337 e. The number of hydrogen-bond donors (Lipinski definition) is 1. The van der Waals surface area contributed by atoms with E-state index in [-0.39, 0.29) is 17.1 Å². The quantitative estimate of drug-likeness (QED) is 0.386. The van der Waals surface area contributed by atoms with E-state index in [2.05, 4.69) is 6.92 Å². The Morgan fingerprint density at radius 3 is 2.65 bits per heavy atom. The monoisotopic (exact) mass is 422 g/mol. The minimum absolute atomic E-state index is 0.257. The molecule has 0 saturated heterocycles. The van der Waals surface area contributed by atoms with E-state index in [0.29, 0.717) is 16.9 Å². The van der Waals surface area contributed by atoms with E-state index in [0.717, 1.165) is 55.2 Å². The van der Waals surface area contributed by atoms with Gasteiger partial charge in [0.05, 0.1) is 18.2 Å². The zero-order chi connectivity index (χ0) is 22.0. The van der Waals surface area contributed by atoms with Gasteiger partial charge in [-0.1, -0.05) is 18.6 Å². The van der Waals surface area contributed by atoms with Crippen molar-refractivity contribution < 1.29 is 28.6 Å². The molecule has 1 aromatic heterocycles. The Hall–Kier alpha value is -3.28. The minimum atomic E-state index is -0.938. The number of ether oxygens (including phenoxy) is 2. The van der Waals surface area contributed by atoms with Gasteiger partial charge in [-0.3, -0.25) is 0 Å². The topological polar surface area (TPSA) is 86.0 Å². The van der Waals surface area contributed by atoms with Crippen LogP contribution in [0.25, 0.3) is 11.0 Å². The summed E-state index contributed by atoms with van der Waals surface area (Å²) < 4.78 is 16.8. The van der Waals surface area contributed by atoms with Gasteiger partial charge >= 0.3 is 11.9 Å². The Kier molecular flexibility index (Phi) is 5.72. The maximum absolute atomic E-state index is 11.7. The number of carboxylic acid groups (broad SMARTS) is 1. The van der Waals surface area contributed by atoms with E-state index in [4.69, 9.17) is 19.0 Å². The number of fused-ring (bicyclic) bond motifs is 2. The van der Waals surface area contributed by atoms with Gasteiger partial charge in [-0.15, -0.1) is 0 Å². The van der Waals surface area contributed by atoms with E-state index < -0.39 is 5.97 Å². The van der Waals surface area contributed by atoms with Crippen molar-refractivity contribution in [2.45, 2.75) is 51.0 Å². The number of carbonyl (C=O) groups excluding carboxylic acids is 1. The van der Waals surface area contributed by atoms with E-state index in [1.807, 2.05) is 18.2 Å². The lowest BCUT2D eigenvalue weighted by Gasteiger charge is -2.23. The summed E-state index contributed by atoms with van der Waals surface area (Å²) in [5.74, 6) is 0.292. The number of unbranched alkanes of at least 4 members (excludes halogenated alkanes) is 2. The maximum Gasteiger partial charge on any atom is 0.337 e. The summed E-state index contributed by atoms with van der Waals surface area (Å²) in [5.41, 5.74) is 2.22. The molecule has 31 heavy (non-hydrogen) atoms. The van der Waals surface area contributed by atoms with Crippen LogP contribution in [-0.2, 0) is 17.6 Å². The van der Waals surface area contributed by atoms with Crippen molar-refractivity contribution in [3.63, 3.8) is 0 Å². The van der Waals surface area contributed by atoms with Gasteiger partial charge < -0.3 is 19.0 Å². The molecule has 1 atom stereocenters. The zero-order valence-corrected chi connectivity index (χ0v) is 17.8. The average molecular weight is 422 g/mol. The predicted molar refractivity (Wildman–Crippen MR) is 116 cm³/mol. The first kappa shape index (κ1) is 21.0. The molecule has 4 rings (SSSR count). The van der Waals surface area contributed by atoms with Gasteiger partial charge in [0.15, 0.2) is 0 Å². The van der Waals surface area contributed by atoms with Crippen molar-refractivity contribution in [3.8, 4) is 5.75 Å². The lowest BCUT2D eigenvalue weighted by molar-refractivity contribution is 0.0599. The Bertz CT molecular complexity index is 1130. The van der Waals surface area contributed by atoms with Crippen molar-refractivity contribution in [2.75, 3.05) is 7.11 Å². The van der Waals surface area contributed by atoms with Gasteiger partial charge in [0, 0.05) is 18.2 Å². The minimum Gasteiger partial charge on any atom is -0.487 e. The first-order valence-electron chi connectivity index (χ1n) is 10.5. The molecule has 2 heterocycles. The molecule has 2 aromatic carbocycles. The Balaban J connectivity index is 1.26. The first-order valence-corrected chi connectivity index (χ1v) is 10.5. The molecule has 0 radical (unpaired) electrons. The summed E-state index contributed by atoms with van der Waals surface area (Å²) in [4.78, 5) is 22.8. The molecule has 1 unspecified atom stereocenters.